The molecule has 1 fully saturated rings. The van der Waals surface area contributed by atoms with E-state index in [9.17, 15) is 8.78 Å². The van der Waals surface area contributed by atoms with Crippen molar-refractivity contribution >= 4 is 15.9 Å². The summed E-state index contributed by atoms with van der Waals surface area (Å²) in [6.45, 7) is 0.830. The molecule has 0 amide bonds. The van der Waals surface area contributed by atoms with Crippen LogP contribution in [0.4, 0.5) is 8.78 Å². The van der Waals surface area contributed by atoms with Gasteiger partial charge in [-0.25, -0.2) is 8.78 Å². The normalized spacial score (nSPS) is 20.1. The number of rotatable bonds is 4. The van der Waals surface area contributed by atoms with E-state index in [1.54, 1.807) is 12.1 Å². The van der Waals surface area contributed by atoms with Gasteiger partial charge in [-0.3, -0.25) is 0 Å². The lowest BCUT2D eigenvalue weighted by Crippen LogP contribution is -2.29. The zero-order valence-electron chi connectivity index (χ0n) is 10.2. The zero-order chi connectivity index (χ0) is 13.2. The predicted molar refractivity (Wildman–Crippen MR) is 70.2 cm³/mol. The average Bonchev–Trinajstić information content (AvgIpc) is 2.81. The molecule has 1 atom stereocenters. The summed E-state index contributed by atoms with van der Waals surface area (Å²) in [5.74, 6) is -2.64. The van der Waals surface area contributed by atoms with E-state index < -0.39 is 5.92 Å². The molecule has 18 heavy (non-hydrogen) atoms. The quantitative estimate of drug-likeness (QED) is 0.913. The van der Waals surface area contributed by atoms with Crippen LogP contribution < -0.4 is 10.1 Å². The first-order valence-corrected chi connectivity index (χ1v) is 6.77. The summed E-state index contributed by atoms with van der Waals surface area (Å²) in [5, 5.41) is 3.10. The van der Waals surface area contributed by atoms with Gasteiger partial charge >= 0.3 is 0 Å². The number of hydrogen-bond donors (Lipinski definition) is 1. The third kappa shape index (κ3) is 3.01. The lowest BCUT2D eigenvalue weighted by molar-refractivity contribution is -0.0233. The van der Waals surface area contributed by atoms with E-state index >= 15 is 0 Å². The maximum Gasteiger partial charge on any atom is 0.278 e. The van der Waals surface area contributed by atoms with Crippen molar-refractivity contribution in [2.75, 3.05) is 13.7 Å². The SMILES string of the molecule is COc1ccc(Br)cc1C(F)(F)CC1CCCN1. The van der Waals surface area contributed by atoms with Crippen molar-refractivity contribution < 1.29 is 13.5 Å². The second kappa shape index (κ2) is 5.53. The van der Waals surface area contributed by atoms with Crippen molar-refractivity contribution in [3.8, 4) is 5.75 Å². The summed E-state index contributed by atoms with van der Waals surface area (Å²) in [7, 11) is 1.41. The fourth-order valence-electron chi connectivity index (χ4n) is 2.32. The summed E-state index contributed by atoms with van der Waals surface area (Å²) in [4.78, 5) is 0. The highest BCUT2D eigenvalue weighted by atomic mass is 79.9. The van der Waals surface area contributed by atoms with Crippen molar-refractivity contribution in [3.05, 3.63) is 28.2 Å². The summed E-state index contributed by atoms with van der Waals surface area (Å²) >= 11 is 3.23. The molecule has 1 N–H and O–H groups in total. The van der Waals surface area contributed by atoms with Crippen molar-refractivity contribution in [1.29, 1.82) is 0 Å². The Labute approximate surface area is 114 Å². The number of methoxy groups -OCH3 is 1. The first-order chi connectivity index (χ1) is 8.53. The van der Waals surface area contributed by atoms with Crippen LogP contribution in [0, 0.1) is 0 Å². The van der Waals surface area contributed by atoms with E-state index in [4.69, 9.17) is 4.74 Å². The Morgan fingerprint density at radius 1 is 1.50 bits per heavy atom. The van der Waals surface area contributed by atoms with Gasteiger partial charge in [0.05, 0.1) is 12.7 Å². The summed E-state index contributed by atoms with van der Waals surface area (Å²) < 4.78 is 34.3. The topological polar surface area (TPSA) is 21.3 Å². The molecule has 0 spiro atoms. The number of nitrogens with one attached hydrogen (secondary N) is 1. The molecule has 100 valence electrons. The van der Waals surface area contributed by atoms with E-state index in [0.29, 0.717) is 4.47 Å². The highest BCUT2D eigenvalue weighted by molar-refractivity contribution is 9.10. The molecule has 1 aliphatic heterocycles. The second-order valence-corrected chi connectivity index (χ2v) is 5.46. The molecule has 0 bridgehead atoms. The molecule has 1 aromatic rings. The predicted octanol–water partition coefficient (Wildman–Crippen LogP) is 3.69. The van der Waals surface area contributed by atoms with Gasteiger partial charge in [0.1, 0.15) is 5.75 Å². The largest absolute Gasteiger partial charge is 0.496 e. The number of ether oxygens (including phenoxy) is 1. The molecular weight excluding hydrogens is 304 g/mol. The van der Waals surface area contributed by atoms with Gasteiger partial charge in [0.2, 0.25) is 0 Å². The van der Waals surface area contributed by atoms with Gasteiger partial charge < -0.3 is 10.1 Å². The molecule has 5 heteroatoms. The van der Waals surface area contributed by atoms with Crippen LogP contribution in [0.5, 0.6) is 5.75 Å². The van der Waals surface area contributed by atoms with Gasteiger partial charge in [-0.05, 0) is 37.6 Å². The highest BCUT2D eigenvalue weighted by Gasteiger charge is 2.38. The van der Waals surface area contributed by atoms with Crippen LogP contribution in [0.3, 0.4) is 0 Å². The molecule has 1 heterocycles. The monoisotopic (exact) mass is 319 g/mol. The molecule has 0 aliphatic carbocycles. The molecule has 1 aromatic carbocycles. The van der Waals surface area contributed by atoms with Crippen molar-refractivity contribution in [3.63, 3.8) is 0 Å². The van der Waals surface area contributed by atoms with Crippen molar-refractivity contribution in [2.24, 2.45) is 0 Å². The number of alkyl halides is 2. The molecule has 0 saturated carbocycles. The summed E-state index contributed by atoms with van der Waals surface area (Å²) in [5.41, 5.74) is -0.0481. The van der Waals surface area contributed by atoms with Gasteiger partial charge in [0, 0.05) is 16.9 Å². The Morgan fingerprint density at radius 2 is 2.28 bits per heavy atom. The van der Waals surface area contributed by atoms with E-state index in [2.05, 4.69) is 21.2 Å². The van der Waals surface area contributed by atoms with Gasteiger partial charge in [0.25, 0.3) is 5.92 Å². The molecule has 0 aromatic heterocycles. The maximum absolute atomic E-state index is 14.3. The van der Waals surface area contributed by atoms with Crippen LogP contribution in [-0.2, 0) is 5.92 Å². The number of hydrogen-bond acceptors (Lipinski definition) is 2. The summed E-state index contributed by atoms with van der Waals surface area (Å²) in [6.07, 6.45) is 1.60. The summed E-state index contributed by atoms with van der Waals surface area (Å²) in [6, 6.07) is 4.60. The lowest BCUT2D eigenvalue weighted by atomic mass is 9.99. The van der Waals surface area contributed by atoms with Gasteiger partial charge in [-0.15, -0.1) is 0 Å². The minimum absolute atomic E-state index is 0.0481. The van der Waals surface area contributed by atoms with Crippen LogP contribution in [0.25, 0.3) is 0 Å². The Hall–Kier alpha value is -0.680. The van der Waals surface area contributed by atoms with Crippen LogP contribution in [0.15, 0.2) is 22.7 Å². The molecule has 1 unspecified atom stereocenters. The third-order valence-corrected chi connectivity index (χ3v) is 3.71. The van der Waals surface area contributed by atoms with Crippen LogP contribution in [0.2, 0.25) is 0 Å². The standard InChI is InChI=1S/C13H16BrF2NO/c1-18-12-5-4-9(14)7-11(12)13(15,16)8-10-3-2-6-17-10/h4-5,7,10,17H,2-3,6,8H2,1H3. The Kier molecular flexibility index (Phi) is 4.22. The van der Waals surface area contributed by atoms with Crippen LogP contribution in [-0.4, -0.2) is 19.7 Å². The fourth-order valence-corrected chi connectivity index (χ4v) is 2.68. The van der Waals surface area contributed by atoms with Crippen LogP contribution >= 0.6 is 15.9 Å². The minimum Gasteiger partial charge on any atom is -0.496 e. The number of benzene rings is 1. The van der Waals surface area contributed by atoms with Crippen LogP contribution in [0.1, 0.15) is 24.8 Å². The van der Waals surface area contributed by atoms with E-state index in [0.717, 1.165) is 19.4 Å². The van der Waals surface area contributed by atoms with Crippen molar-refractivity contribution in [1.82, 2.24) is 5.32 Å². The Balaban J connectivity index is 2.24. The molecule has 1 saturated heterocycles. The van der Waals surface area contributed by atoms with Gasteiger partial charge in [0.15, 0.2) is 0 Å². The molecule has 0 radical (unpaired) electrons. The number of halogens is 3. The Morgan fingerprint density at radius 3 is 2.89 bits per heavy atom. The second-order valence-electron chi connectivity index (χ2n) is 4.55. The average molecular weight is 320 g/mol. The Bertz CT molecular complexity index is 419. The molecule has 1 aliphatic rings. The molecule has 2 rings (SSSR count). The highest BCUT2D eigenvalue weighted by Crippen LogP contribution is 2.40. The van der Waals surface area contributed by atoms with E-state index in [1.165, 1.54) is 13.2 Å². The smallest absolute Gasteiger partial charge is 0.278 e. The molecule has 2 nitrogen and oxygen atoms in total. The first kappa shape index (κ1) is 13.7. The minimum atomic E-state index is -2.88. The fraction of sp³-hybridized carbons (Fsp3) is 0.538. The van der Waals surface area contributed by atoms with Crippen molar-refractivity contribution in [2.45, 2.75) is 31.2 Å². The molecular formula is C13H16BrF2NO. The third-order valence-electron chi connectivity index (χ3n) is 3.22. The zero-order valence-corrected chi connectivity index (χ0v) is 11.8. The first-order valence-electron chi connectivity index (χ1n) is 5.98. The van der Waals surface area contributed by atoms with E-state index in [-0.39, 0.29) is 23.8 Å². The lowest BCUT2D eigenvalue weighted by Gasteiger charge is -2.22. The maximum atomic E-state index is 14.3. The van der Waals surface area contributed by atoms with E-state index in [1.807, 2.05) is 0 Å². The van der Waals surface area contributed by atoms with Gasteiger partial charge in [-0.1, -0.05) is 15.9 Å². The van der Waals surface area contributed by atoms with Gasteiger partial charge in [-0.2, -0.15) is 0 Å².